The zero-order valence-corrected chi connectivity index (χ0v) is 10.3. The number of nitrogens with zero attached hydrogens (tertiary/aromatic N) is 5. The van der Waals surface area contributed by atoms with Crippen LogP contribution in [0.1, 0.15) is 18.8 Å². The van der Waals surface area contributed by atoms with Crippen LogP contribution in [0.25, 0.3) is 5.95 Å². The number of hydrogen-bond acceptors (Lipinski definition) is 6. The highest BCUT2D eigenvalue weighted by atomic mass is 35.5. The molecule has 0 aliphatic heterocycles. The van der Waals surface area contributed by atoms with E-state index < -0.39 is 0 Å². The van der Waals surface area contributed by atoms with Crippen LogP contribution < -0.4 is 11.1 Å². The van der Waals surface area contributed by atoms with Gasteiger partial charge in [0.15, 0.2) is 5.82 Å². The Labute approximate surface area is 105 Å². The molecule has 0 saturated heterocycles. The van der Waals surface area contributed by atoms with Crippen molar-refractivity contribution >= 4 is 18.4 Å². The first kappa shape index (κ1) is 13.3. The lowest BCUT2D eigenvalue weighted by molar-refractivity contribution is 0.669. The molecule has 0 amide bonds. The molecule has 7 nitrogen and oxygen atoms in total. The second-order valence-corrected chi connectivity index (χ2v) is 3.29. The van der Waals surface area contributed by atoms with Crippen molar-refractivity contribution in [1.82, 2.24) is 24.7 Å². The fraction of sp³-hybridized carbons (Fsp3) is 0.333. The summed E-state index contributed by atoms with van der Waals surface area (Å²) in [6.45, 7) is 1.84. The van der Waals surface area contributed by atoms with Crippen LogP contribution in [0, 0.1) is 0 Å². The van der Waals surface area contributed by atoms with Crippen LogP contribution in [0.3, 0.4) is 0 Å². The number of halogens is 1. The summed E-state index contributed by atoms with van der Waals surface area (Å²) >= 11 is 0. The molecule has 0 aromatic carbocycles. The second-order valence-electron chi connectivity index (χ2n) is 3.29. The van der Waals surface area contributed by atoms with Crippen LogP contribution in [0.4, 0.5) is 5.95 Å². The largest absolute Gasteiger partial charge is 0.356 e. The molecule has 2 rings (SSSR count). The smallest absolute Gasteiger partial charge is 0.252 e. The normalized spacial score (nSPS) is 11.7. The van der Waals surface area contributed by atoms with Gasteiger partial charge in [0.25, 0.3) is 5.95 Å². The average molecular weight is 256 g/mol. The molecule has 2 aromatic rings. The predicted molar refractivity (Wildman–Crippen MR) is 66.3 cm³/mol. The van der Waals surface area contributed by atoms with E-state index in [0.29, 0.717) is 17.7 Å². The molecule has 1 atom stereocenters. The lowest BCUT2D eigenvalue weighted by Crippen LogP contribution is -2.14. The molecular weight excluding hydrogens is 242 g/mol. The van der Waals surface area contributed by atoms with Gasteiger partial charge in [-0.15, -0.1) is 17.5 Å². The zero-order valence-electron chi connectivity index (χ0n) is 9.53. The van der Waals surface area contributed by atoms with Gasteiger partial charge < -0.3 is 11.1 Å². The molecule has 0 aliphatic rings. The Morgan fingerprint density at radius 2 is 2.00 bits per heavy atom. The molecule has 0 bridgehead atoms. The first-order chi connectivity index (χ1) is 7.72. The molecule has 2 aromatic heterocycles. The average Bonchev–Trinajstić information content (AvgIpc) is 2.74. The van der Waals surface area contributed by atoms with Gasteiger partial charge in [-0.05, 0) is 13.0 Å². The van der Waals surface area contributed by atoms with Crippen LogP contribution in [0.5, 0.6) is 0 Å². The Balaban J connectivity index is 0.00000144. The van der Waals surface area contributed by atoms with Crippen molar-refractivity contribution in [2.45, 2.75) is 13.0 Å². The van der Waals surface area contributed by atoms with E-state index in [9.17, 15) is 0 Å². The van der Waals surface area contributed by atoms with Crippen molar-refractivity contribution in [2.75, 3.05) is 12.4 Å². The van der Waals surface area contributed by atoms with Crippen molar-refractivity contribution in [3.8, 4) is 5.95 Å². The number of hydrogen-bond donors (Lipinski definition) is 2. The molecule has 3 N–H and O–H groups in total. The first-order valence-corrected chi connectivity index (χ1v) is 4.90. The van der Waals surface area contributed by atoms with E-state index >= 15 is 0 Å². The van der Waals surface area contributed by atoms with Crippen LogP contribution >= 0.6 is 12.4 Å². The fourth-order valence-corrected chi connectivity index (χ4v) is 1.27. The van der Waals surface area contributed by atoms with Crippen molar-refractivity contribution in [1.29, 1.82) is 0 Å². The van der Waals surface area contributed by atoms with E-state index in [4.69, 9.17) is 5.73 Å². The highest BCUT2D eigenvalue weighted by molar-refractivity contribution is 5.85. The minimum atomic E-state index is -0.238. The summed E-state index contributed by atoms with van der Waals surface area (Å²) in [6.07, 6.45) is 3.29. The molecule has 0 aliphatic carbocycles. The van der Waals surface area contributed by atoms with Crippen LogP contribution in [0.15, 0.2) is 18.5 Å². The van der Waals surface area contributed by atoms with Gasteiger partial charge in [0, 0.05) is 19.4 Å². The van der Waals surface area contributed by atoms with E-state index in [2.05, 4.69) is 25.4 Å². The number of nitrogens with two attached hydrogens (primary N) is 1. The standard InChI is InChI=1S/C9H13N7.ClH/c1-6(10)7-14-8(11-2)15-16(7)9-12-4-3-5-13-9;/h3-6H,10H2,1-2H3,(H,11,15);1H. The maximum absolute atomic E-state index is 5.81. The molecule has 0 fully saturated rings. The Morgan fingerprint density at radius 3 is 2.53 bits per heavy atom. The van der Waals surface area contributed by atoms with Gasteiger partial charge >= 0.3 is 0 Å². The highest BCUT2D eigenvalue weighted by Gasteiger charge is 2.15. The monoisotopic (exact) mass is 255 g/mol. The predicted octanol–water partition coefficient (Wildman–Crippen LogP) is 0.540. The topological polar surface area (TPSA) is 94.5 Å². The van der Waals surface area contributed by atoms with Crippen molar-refractivity contribution < 1.29 is 0 Å². The maximum atomic E-state index is 5.81. The van der Waals surface area contributed by atoms with Crippen molar-refractivity contribution in [3.05, 3.63) is 24.3 Å². The van der Waals surface area contributed by atoms with Gasteiger partial charge in [0.1, 0.15) is 0 Å². The molecule has 0 radical (unpaired) electrons. The summed E-state index contributed by atoms with van der Waals surface area (Å²) in [7, 11) is 1.75. The van der Waals surface area contributed by atoms with Crippen LogP contribution in [0.2, 0.25) is 0 Å². The van der Waals surface area contributed by atoms with Gasteiger partial charge in [-0.25, -0.2) is 9.97 Å². The lowest BCUT2D eigenvalue weighted by Gasteiger charge is -2.05. The third kappa shape index (κ3) is 2.69. The van der Waals surface area contributed by atoms with Gasteiger partial charge in [-0.3, -0.25) is 0 Å². The molecule has 92 valence electrons. The molecule has 17 heavy (non-hydrogen) atoms. The Hall–Kier alpha value is -1.73. The fourth-order valence-electron chi connectivity index (χ4n) is 1.27. The lowest BCUT2D eigenvalue weighted by atomic mass is 10.3. The summed E-state index contributed by atoms with van der Waals surface area (Å²) in [6, 6.07) is 1.50. The molecule has 8 heteroatoms. The summed E-state index contributed by atoms with van der Waals surface area (Å²) in [4.78, 5) is 12.5. The minimum Gasteiger partial charge on any atom is -0.356 e. The molecule has 0 saturated carbocycles. The number of nitrogens with one attached hydrogen (secondary N) is 1. The van der Waals surface area contributed by atoms with Gasteiger partial charge in [-0.2, -0.15) is 9.67 Å². The summed E-state index contributed by atoms with van der Waals surface area (Å²) in [5.74, 6) is 1.58. The molecule has 2 heterocycles. The molecule has 1 unspecified atom stereocenters. The second kappa shape index (κ2) is 5.55. The summed E-state index contributed by atoms with van der Waals surface area (Å²) in [5, 5.41) is 7.07. The molecular formula is C9H14ClN7. The maximum Gasteiger partial charge on any atom is 0.252 e. The SMILES string of the molecule is CNc1nc(C(C)N)n(-c2ncccn2)n1.Cl. The molecule has 0 spiro atoms. The van der Waals surface area contributed by atoms with Gasteiger partial charge in [0.2, 0.25) is 5.95 Å². The highest BCUT2D eigenvalue weighted by Crippen LogP contribution is 2.12. The number of aromatic nitrogens is 5. The third-order valence-corrected chi connectivity index (χ3v) is 2.00. The minimum absolute atomic E-state index is 0. The van der Waals surface area contributed by atoms with Gasteiger partial charge in [-0.1, -0.05) is 0 Å². The summed E-state index contributed by atoms with van der Waals surface area (Å²) < 4.78 is 1.54. The Morgan fingerprint density at radius 1 is 1.35 bits per heavy atom. The van der Waals surface area contributed by atoms with Crippen LogP contribution in [-0.2, 0) is 0 Å². The van der Waals surface area contributed by atoms with E-state index in [-0.39, 0.29) is 18.4 Å². The first-order valence-electron chi connectivity index (χ1n) is 4.90. The summed E-state index contributed by atoms with van der Waals surface area (Å²) in [5.41, 5.74) is 5.81. The van der Waals surface area contributed by atoms with Crippen LogP contribution in [-0.4, -0.2) is 31.8 Å². The van der Waals surface area contributed by atoms with Crippen molar-refractivity contribution in [3.63, 3.8) is 0 Å². The zero-order chi connectivity index (χ0) is 11.5. The van der Waals surface area contributed by atoms with E-state index in [1.54, 1.807) is 25.5 Å². The van der Waals surface area contributed by atoms with Crippen molar-refractivity contribution in [2.24, 2.45) is 5.73 Å². The van der Waals surface area contributed by atoms with Gasteiger partial charge in [0.05, 0.1) is 6.04 Å². The van der Waals surface area contributed by atoms with E-state index in [1.165, 1.54) is 4.68 Å². The third-order valence-electron chi connectivity index (χ3n) is 2.00. The Bertz CT molecular complexity index is 467. The van der Waals surface area contributed by atoms with E-state index in [0.717, 1.165) is 0 Å². The quantitative estimate of drug-likeness (QED) is 0.831. The number of rotatable bonds is 3. The Kier molecular flexibility index (Phi) is 4.36. The van der Waals surface area contributed by atoms with E-state index in [1.807, 2.05) is 6.92 Å². The number of anilines is 1.